The van der Waals surface area contributed by atoms with Crippen LogP contribution in [-0.4, -0.2) is 37.2 Å². The van der Waals surface area contributed by atoms with E-state index in [2.05, 4.69) is 11.9 Å². The average molecular weight is 153 g/mol. The van der Waals surface area contributed by atoms with Gasteiger partial charge in [-0.2, -0.15) is 0 Å². The lowest BCUT2D eigenvalue weighted by Gasteiger charge is -2.18. The second-order valence-electron chi connectivity index (χ2n) is 4.34. The smallest absolute Gasteiger partial charge is 0.0624 e. The number of hydrogen-bond donors (Lipinski definition) is 0. The summed E-state index contributed by atoms with van der Waals surface area (Å²) in [6.07, 6.45) is 3.93. The molecule has 3 heterocycles. The zero-order chi connectivity index (χ0) is 7.42. The first-order valence-corrected chi connectivity index (χ1v) is 4.68. The Morgan fingerprint density at radius 2 is 1.64 bits per heavy atom. The zero-order valence-electron chi connectivity index (χ0n) is 6.99. The molecule has 0 N–H and O–H groups in total. The Morgan fingerprint density at radius 1 is 1.09 bits per heavy atom. The third kappa shape index (κ3) is 0.744. The summed E-state index contributed by atoms with van der Waals surface area (Å²) in [5.74, 6) is 1.78. The normalized spacial score (nSPS) is 55.4. The van der Waals surface area contributed by atoms with E-state index in [9.17, 15) is 0 Å². The molecule has 0 saturated carbocycles. The molecular weight excluding hydrogens is 138 g/mol. The van der Waals surface area contributed by atoms with Gasteiger partial charge in [0, 0.05) is 24.9 Å². The molecule has 3 aliphatic heterocycles. The molecule has 4 atom stereocenters. The summed E-state index contributed by atoms with van der Waals surface area (Å²) in [6, 6.07) is 0. The molecule has 0 unspecified atom stereocenters. The van der Waals surface area contributed by atoms with E-state index < -0.39 is 0 Å². The van der Waals surface area contributed by atoms with Crippen molar-refractivity contribution in [3.63, 3.8) is 0 Å². The number of fused-ring (bicyclic) bond motifs is 5. The lowest BCUT2D eigenvalue weighted by Crippen LogP contribution is -2.24. The maximum absolute atomic E-state index is 5.86. The molecule has 2 nitrogen and oxygen atoms in total. The number of nitrogens with zero attached hydrogens (tertiary/aromatic N) is 1. The lowest BCUT2D eigenvalue weighted by molar-refractivity contribution is 0.0735. The maximum Gasteiger partial charge on any atom is 0.0624 e. The minimum atomic E-state index is 0.634. The highest BCUT2D eigenvalue weighted by Gasteiger charge is 2.52. The SMILES string of the molecule is CN1C[C@@H]2[C@@H](C1)[C@H]1CC[C@H]2O1. The quantitative estimate of drug-likeness (QED) is 0.508. The number of rotatable bonds is 0. The van der Waals surface area contributed by atoms with Crippen molar-refractivity contribution in [3.05, 3.63) is 0 Å². The minimum Gasteiger partial charge on any atom is -0.374 e. The van der Waals surface area contributed by atoms with E-state index in [4.69, 9.17) is 4.74 Å². The summed E-state index contributed by atoms with van der Waals surface area (Å²) in [7, 11) is 2.23. The Balaban J connectivity index is 1.87. The van der Waals surface area contributed by atoms with E-state index in [-0.39, 0.29) is 0 Å². The van der Waals surface area contributed by atoms with Crippen LogP contribution >= 0.6 is 0 Å². The largest absolute Gasteiger partial charge is 0.374 e. The molecular formula is C9H15NO. The van der Waals surface area contributed by atoms with Crippen molar-refractivity contribution >= 4 is 0 Å². The second-order valence-corrected chi connectivity index (χ2v) is 4.34. The number of hydrogen-bond acceptors (Lipinski definition) is 2. The third-order valence-electron chi connectivity index (χ3n) is 3.64. The van der Waals surface area contributed by atoms with Gasteiger partial charge in [-0.3, -0.25) is 0 Å². The Morgan fingerprint density at radius 3 is 2.18 bits per heavy atom. The summed E-state index contributed by atoms with van der Waals surface area (Å²) in [5.41, 5.74) is 0. The second kappa shape index (κ2) is 1.99. The van der Waals surface area contributed by atoms with Crippen LogP contribution in [0.5, 0.6) is 0 Å². The molecule has 3 aliphatic rings. The van der Waals surface area contributed by atoms with Crippen LogP contribution in [0.15, 0.2) is 0 Å². The highest BCUT2D eigenvalue weighted by molar-refractivity contribution is 5.01. The van der Waals surface area contributed by atoms with Gasteiger partial charge in [0.05, 0.1) is 12.2 Å². The van der Waals surface area contributed by atoms with Gasteiger partial charge in [0.2, 0.25) is 0 Å². The van der Waals surface area contributed by atoms with E-state index in [0.29, 0.717) is 12.2 Å². The summed E-state index contributed by atoms with van der Waals surface area (Å²) in [4.78, 5) is 2.46. The monoisotopic (exact) mass is 153 g/mol. The van der Waals surface area contributed by atoms with Crippen LogP contribution in [0.25, 0.3) is 0 Å². The Kier molecular flexibility index (Phi) is 1.16. The van der Waals surface area contributed by atoms with Crippen LogP contribution in [-0.2, 0) is 4.74 Å². The summed E-state index contributed by atoms with van der Waals surface area (Å²) in [6.45, 7) is 2.57. The van der Waals surface area contributed by atoms with Crippen molar-refractivity contribution in [2.45, 2.75) is 25.0 Å². The van der Waals surface area contributed by atoms with Crippen molar-refractivity contribution in [3.8, 4) is 0 Å². The van der Waals surface area contributed by atoms with Crippen LogP contribution in [0.3, 0.4) is 0 Å². The van der Waals surface area contributed by atoms with Crippen LogP contribution in [0.1, 0.15) is 12.8 Å². The van der Waals surface area contributed by atoms with E-state index in [1.807, 2.05) is 0 Å². The van der Waals surface area contributed by atoms with Gasteiger partial charge in [-0.05, 0) is 19.9 Å². The van der Waals surface area contributed by atoms with Crippen molar-refractivity contribution in [2.75, 3.05) is 20.1 Å². The Labute approximate surface area is 67.5 Å². The molecule has 0 aromatic carbocycles. The predicted molar refractivity (Wildman–Crippen MR) is 42.4 cm³/mol. The van der Waals surface area contributed by atoms with Gasteiger partial charge in [-0.1, -0.05) is 0 Å². The molecule has 0 spiro atoms. The molecule has 3 rings (SSSR count). The molecule has 0 aromatic heterocycles. The fourth-order valence-corrected chi connectivity index (χ4v) is 3.17. The molecule has 3 saturated heterocycles. The first-order chi connectivity index (χ1) is 5.34. The number of likely N-dealkylation sites (tertiary alicyclic amines) is 1. The first kappa shape index (κ1) is 6.44. The maximum atomic E-state index is 5.86. The van der Waals surface area contributed by atoms with Gasteiger partial charge >= 0.3 is 0 Å². The highest BCUT2D eigenvalue weighted by Crippen LogP contribution is 2.46. The molecule has 11 heavy (non-hydrogen) atoms. The summed E-state index contributed by atoms with van der Waals surface area (Å²) < 4.78 is 5.86. The van der Waals surface area contributed by atoms with Crippen molar-refractivity contribution in [1.29, 1.82) is 0 Å². The molecule has 2 heteroatoms. The van der Waals surface area contributed by atoms with E-state index in [0.717, 1.165) is 11.8 Å². The van der Waals surface area contributed by atoms with E-state index >= 15 is 0 Å². The van der Waals surface area contributed by atoms with Crippen molar-refractivity contribution in [2.24, 2.45) is 11.8 Å². The van der Waals surface area contributed by atoms with E-state index in [1.165, 1.54) is 25.9 Å². The van der Waals surface area contributed by atoms with Gasteiger partial charge in [0.15, 0.2) is 0 Å². The fourth-order valence-electron chi connectivity index (χ4n) is 3.17. The predicted octanol–water partition coefficient (Wildman–Crippen LogP) is 0.725. The highest BCUT2D eigenvalue weighted by atomic mass is 16.5. The number of ether oxygens (including phenoxy) is 1. The van der Waals surface area contributed by atoms with Gasteiger partial charge in [-0.25, -0.2) is 0 Å². The minimum absolute atomic E-state index is 0.634. The van der Waals surface area contributed by atoms with Gasteiger partial charge < -0.3 is 9.64 Å². The Bertz CT molecular complexity index is 164. The van der Waals surface area contributed by atoms with Crippen LogP contribution < -0.4 is 0 Å². The molecule has 62 valence electrons. The Hall–Kier alpha value is -0.0800. The third-order valence-corrected chi connectivity index (χ3v) is 3.64. The zero-order valence-corrected chi connectivity index (χ0v) is 6.99. The summed E-state index contributed by atoms with van der Waals surface area (Å²) >= 11 is 0. The van der Waals surface area contributed by atoms with Crippen molar-refractivity contribution in [1.82, 2.24) is 4.90 Å². The molecule has 3 fully saturated rings. The standard InChI is InChI=1S/C9H15NO/c1-10-4-6-7(5-10)9-3-2-8(6)11-9/h6-9H,2-5H2,1H3/t6-,7-,8-,9-/m1/s1. The van der Waals surface area contributed by atoms with Gasteiger partial charge in [0.25, 0.3) is 0 Å². The fraction of sp³-hybridized carbons (Fsp3) is 1.00. The van der Waals surface area contributed by atoms with Crippen molar-refractivity contribution < 1.29 is 4.74 Å². The molecule has 2 bridgehead atoms. The molecule has 0 amide bonds. The first-order valence-electron chi connectivity index (χ1n) is 4.68. The molecule has 0 radical (unpaired) electrons. The van der Waals surface area contributed by atoms with Gasteiger partial charge in [0.1, 0.15) is 0 Å². The molecule has 0 aliphatic carbocycles. The molecule has 0 aromatic rings. The topological polar surface area (TPSA) is 12.5 Å². The average Bonchev–Trinajstić information content (AvgIpc) is 2.53. The van der Waals surface area contributed by atoms with Crippen LogP contribution in [0.2, 0.25) is 0 Å². The van der Waals surface area contributed by atoms with E-state index in [1.54, 1.807) is 0 Å². The van der Waals surface area contributed by atoms with Crippen LogP contribution in [0.4, 0.5) is 0 Å². The summed E-state index contributed by atoms with van der Waals surface area (Å²) in [5, 5.41) is 0. The van der Waals surface area contributed by atoms with Gasteiger partial charge in [-0.15, -0.1) is 0 Å². The lowest BCUT2D eigenvalue weighted by atomic mass is 9.82. The van der Waals surface area contributed by atoms with Crippen LogP contribution in [0, 0.1) is 11.8 Å².